The molecule has 9 N–H and O–H groups in total. The molecule has 0 rings (SSSR count). The lowest BCUT2D eigenvalue weighted by Gasteiger charge is -2.34. The van der Waals surface area contributed by atoms with Crippen LogP contribution in [0.5, 0.6) is 0 Å². The summed E-state index contributed by atoms with van der Waals surface area (Å²) < 4.78 is 34.4. The van der Waals surface area contributed by atoms with Crippen molar-refractivity contribution in [2.45, 2.75) is 356 Å². The first-order valence-corrected chi connectivity index (χ1v) is 39.0. The number of amides is 8. The van der Waals surface area contributed by atoms with E-state index in [1.807, 2.05) is 41.5 Å². The number of aliphatic hydroxyl groups excluding tert-OH is 5. The van der Waals surface area contributed by atoms with E-state index in [1.54, 1.807) is 103 Å². The number of nitrogens with one attached hydrogen (secondary N) is 4. The van der Waals surface area contributed by atoms with Crippen molar-refractivity contribution < 1.29 is 92.3 Å². The zero-order chi connectivity index (χ0) is 79.2. The number of unbranched alkanes of at least 4 members (excludes halogenated alkanes) is 19. The smallest absolute Gasteiger partial charge is 0.410 e. The summed E-state index contributed by atoms with van der Waals surface area (Å²) in [5.74, 6) is -1.02. The fourth-order valence-corrected chi connectivity index (χ4v) is 11.0. The second kappa shape index (κ2) is 52.4. The predicted molar refractivity (Wildman–Crippen MR) is 405 cm³/mol. The first-order chi connectivity index (χ1) is 48.3. The van der Waals surface area contributed by atoms with Crippen LogP contribution in [0.2, 0.25) is 0 Å². The number of aliphatic hydroxyl groups is 5. The Morgan fingerprint density at radius 3 is 0.933 bits per heavy atom. The van der Waals surface area contributed by atoms with Crippen LogP contribution in [-0.4, -0.2) is 237 Å². The van der Waals surface area contributed by atoms with Crippen LogP contribution in [0.4, 0.5) is 28.8 Å². The molecular weight excluding hydrogens is 1340 g/mol. The van der Waals surface area contributed by atoms with Crippen LogP contribution >= 0.6 is 0 Å². The first kappa shape index (κ1) is 98.4. The Bertz CT molecular complexity index is 2270. The molecule has 0 unspecified atom stereocenters. The highest BCUT2D eigenvalue weighted by Crippen LogP contribution is 2.23. The van der Waals surface area contributed by atoms with Gasteiger partial charge in [0, 0.05) is 85.0 Å². The summed E-state index contributed by atoms with van der Waals surface area (Å²) >= 11 is 0. The lowest BCUT2D eigenvalue weighted by Crippen LogP contribution is -2.51. The Labute approximate surface area is 626 Å². The van der Waals surface area contributed by atoms with Gasteiger partial charge in [0.25, 0.3) is 5.91 Å². The molecule has 0 aliphatic heterocycles. The minimum atomic E-state index is -1.91. The monoisotopic (exact) mass is 1490 g/mol. The van der Waals surface area contributed by atoms with E-state index in [9.17, 15) is 58.8 Å². The maximum absolute atomic E-state index is 14.3. The zero-order valence-electron chi connectivity index (χ0n) is 67.9. The van der Waals surface area contributed by atoms with E-state index in [-0.39, 0.29) is 51.1 Å². The molecule has 0 aliphatic carbocycles. The van der Waals surface area contributed by atoms with Crippen molar-refractivity contribution in [3.8, 4) is 0 Å². The van der Waals surface area contributed by atoms with E-state index in [1.165, 1.54) is 38.5 Å². The predicted octanol–water partition coefficient (Wildman–Crippen LogP) is 12.8. The van der Waals surface area contributed by atoms with E-state index in [0.717, 1.165) is 77.0 Å². The van der Waals surface area contributed by atoms with Gasteiger partial charge in [-0.2, -0.15) is 0 Å². The molecule has 0 fully saturated rings. The Hall–Kier alpha value is -5.64. The van der Waals surface area contributed by atoms with Gasteiger partial charge in [0.2, 0.25) is 5.91 Å². The summed E-state index contributed by atoms with van der Waals surface area (Å²) in [5, 5.41) is 59.0. The van der Waals surface area contributed by atoms with Gasteiger partial charge >= 0.3 is 36.6 Å². The molecular formula is C77H148N8O19. The summed E-state index contributed by atoms with van der Waals surface area (Å²) in [6.45, 7) is 35.4. The topological polar surface area (TPSA) is 354 Å². The molecule has 0 spiro atoms. The Balaban J connectivity index is 5.89. The van der Waals surface area contributed by atoms with E-state index >= 15 is 0 Å². The third kappa shape index (κ3) is 55.8. The number of hydrogen-bond donors (Lipinski definition) is 9. The SMILES string of the molecule is CC(C)(C)OC(=O)NCCCN(CCCCN(CC(CCCCCCNC(=O)CCCCCCCCCCCCCCCCCNC(=O)[C@H](O)[C@@H](O)[C@H](O)[C@H](O)CO)CN(CCCCN(CCCNC(=O)OC(C)(C)C)C(=O)OC(C)(C)C)C(=O)OC(C)(C)C)C(=O)OC(C)(C)C)C(=O)OC(C)(C)C. The highest BCUT2D eigenvalue weighted by molar-refractivity contribution is 5.81. The first-order valence-electron chi connectivity index (χ1n) is 39.0. The molecule has 0 heterocycles. The van der Waals surface area contributed by atoms with Crippen LogP contribution in [0.15, 0.2) is 0 Å². The molecule has 27 nitrogen and oxygen atoms in total. The third-order valence-corrected chi connectivity index (χ3v) is 16.1. The Morgan fingerprint density at radius 2 is 0.596 bits per heavy atom. The number of carbonyl (C=O) groups is 8. The van der Waals surface area contributed by atoms with Crippen molar-refractivity contribution in [1.82, 2.24) is 40.9 Å². The second-order valence-corrected chi connectivity index (χ2v) is 33.7. The normalized spacial score (nSPS) is 13.4. The molecule has 0 saturated carbocycles. The summed E-state index contributed by atoms with van der Waals surface area (Å²) in [6, 6.07) is 0. The lowest BCUT2D eigenvalue weighted by atomic mass is 9.98. The van der Waals surface area contributed by atoms with Gasteiger partial charge in [0.05, 0.1) is 6.61 Å². The van der Waals surface area contributed by atoms with Gasteiger partial charge in [-0.05, 0) is 195 Å². The number of ether oxygens (including phenoxy) is 6. The van der Waals surface area contributed by atoms with Crippen LogP contribution in [-0.2, 0) is 38.0 Å². The van der Waals surface area contributed by atoms with Gasteiger partial charge < -0.3 is 94.8 Å². The number of nitrogens with zero attached hydrogens (tertiary/aromatic N) is 4. The van der Waals surface area contributed by atoms with E-state index < -0.39 is 107 Å². The molecule has 0 saturated heterocycles. The van der Waals surface area contributed by atoms with E-state index in [2.05, 4.69) is 21.3 Å². The highest BCUT2D eigenvalue weighted by Gasteiger charge is 2.35. The molecule has 0 aromatic carbocycles. The molecule has 610 valence electrons. The Morgan fingerprint density at radius 1 is 0.317 bits per heavy atom. The van der Waals surface area contributed by atoms with Crippen molar-refractivity contribution in [3.05, 3.63) is 0 Å². The van der Waals surface area contributed by atoms with Gasteiger partial charge in [-0.15, -0.1) is 0 Å². The van der Waals surface area contributed by atoms with Crippen LogP contribution in [0.1, 0.15) is 298 Å². The molecule has 8 amide bonds. The minimum absolute atomic E-state index is 0.0581. The molecule has 0 aromatic heterocycles. The minimum Gasteiger partial charge on any atom is -0.444 e. The number of carbonyl (C=O) groups excluding carboxylic acids is 8. The van der Waals surface area contributed by atoms with Crippen molar-refractivity contribution >= 4 is 48.4 Å². The third-order valence-electron chi connectivity index (χ3n) is 16.1. The molecule has 0 radical (unpaired) electrons. The fourth-order valence-electron chi connectivity index (χ4n) is 11.0. The number of rotatable bonds is 52. The molecule has 0 aromatic rings. The molecule has 0 aliphatic rings. The molecule has 0 bridgehead atoms. The average molecular weight is 1490 g/mol. The fraction of sp³-hybridized carbons (Fsp3) is 0.896. The second-order valence-electron chi connectivity index (χ2n) is 33.7. The average Bonchev–Trinajstić information content (AvgIpc) is 0.877. The molecule has 4 atom stereocenters. The van der Waals surface area contributed by atoms with Gasteiger partial charge in [0.15, 0.2) is 6.10 Å². The van der Waals surface area contributed by atoms with Crippen molar-refractivity contribution in [3.63, 3.8) is 0 Å². The van der Waals surface area contributed by atoms with E-state index in [0.29, 0.717) is 97.1 Å². The lowest BCUT2D eigenvalue weighted by molar-refractivity contribution is -0.148. The summed E-state index contributed by atoms with van der Waals surface area (Å²) in [7, 11) is 0. The summed E-state index contributed by atoms with van der Waals surface area (Å²) in [6.07, 6.45) is 13.1. The number of hydrogen-bond acceptors (Lipinski definition) is 19. The van der Waals surface area contributed by atoms with Gasteiger partial charge in [-0.1, -0.05) is 103 Å². The maximum Gasteiger partial charge on any atom is 0.410 e. The number of alkyl carbamates (subject to hydrolysis) is 2. The van der Waals surface area contributed by atoms with Crippen LogP contribution < -0.4 is 21.3 Å². The van der Waals surface area contributed by atoms with Gasteiger partial charge in [-0.25, -0.2) is 28.8 Å². The summed E-state index contributed by atoms with van der Waals surface area (Å²) in [5.41, 5.74) is -4.46. The van der Waals surface area contributed by atoms with Crippen molar-refractivity contribution in [2.24, 2.45) is 5.92 Å². The van der Waals surface area contributed by atoms with Crippen molar-refractivity contribution in [2.75, 3.05) is 85.1 Å². The van der Waals surface area contributed by atoms with E-state index in [4.69, 9.17) is 33.5 Å². The largest absolute Gasteiger partial charge is 0.444 e. The summed E-state index contributed by atoms with van der Waals surface area (Å²) in [4.78, 5) is 112. The molecule has 104 heavy (non-hydrogen) atoms. The van der Waals surface area contributed by atoms with Gasteiger partial charge in [-0.3, -0.25) is 9.59 Å². The van der Waals surface area contributed by atoms with Crippen LogP contribution in [0, 0.1) is 5.92 Å². The Kier molecular flexibility index (Phi) is 49.5. The highest BCUT2D eigenvalue weighted by atomic mass is 16.6. The maximum atomic E-state index is 14.3. The standard InChI is InChI=1S/C77H148N8O19/c1-72(2,3)99-66(93)80-48-42-54-82(68(95)101-74(7,8)9)50-38-40-52-84(70(97)103-76(13,14)15)56-59(57-85(71(98)104-77(16,17)18)53-41-39-51-83(69(96)102-75(10,11)12)55-43-49-81-67(94)100-73(4,5)6)44-34-31-33-36-46-78-61(88)45-35-30-28-26-24-22-20-19-21-23-25-27-29-32-37-47-79-65(92)64(91)63(90)62(89)60(87)58-86/h59-60,62-64,86-87,89-91H,19-58H2,1-18H3,(H,78,88)(H,79,92)(H,80,93)(H,81,94)/t60-,62-,63+,64-/m1/s1. The quantitative estimate of drug-likeness (QED) is 0.0202. The van der Waals surface area contributed by atoms with Gasteiger partial charge in [0.1, 0.15) is 51.9 Å². The molecule has 27 heteroatoms. The van der Waals surface area contributed by atoms with Crippen LogP contribution in [0.3, 0.4) is 0 Å². The van der Waals surface area contributed by atoms with Crippen LogP contribution in [0.25, 0.3) is 0 Å². The zero-order valence-corrected chi connectivity index (χ0v) is 67.9. The van der Waals surface area contributed by atoms with Crippen molar-refractivity contribution in [1.29, 1.82) is 0 Å².